The van der Waals surface area contributed by atoms with Gasteiger partial charge in [-0.15, -0.1) is 0 Å². The predicted octanol–water partition coefficient (Wildman–Crippen LogP) is 3.39. The number of aryl methyl sites for hydroxylation is 1. The van der Waals surface area contributed by atoms with E-state index in [0.29, 0.717) is 12.0 Å². The largest absolute Gasteiger partial charge is 0.353 e. The molecule has 3 heteroatoms. The van der Waals surface area contributed by atoms with Crippen molar-refractivity contribution in [1.82, 2.24) is 9.55 Å². The lowest BCUT2D eigenvalue weighted by Gasteiger charge is -2.28. The van der Waals surface area contributed by atoms with Gasteiger partial charge in [-0.05, 0) is 12.3 Å². The molecule has 2 aromatic rings. The first-order chi connectivity index (χ1) is 8.74. The Morgan fingerprint density at radius 1 is 1.28 bits per heavy atom. The van der Waals surface area contributed by atoms with Gasteiger partial charge in [-0.25, -0.2) is 4.98 Å². The van der Waals surface area contributed by atoms with Crippen LogP contribution in [0.15, 0.2) is 36.5 Å². The van der Waals surface area contributed by atoms with Crippen LogP contribution < -0.4 is 5.32 Å². The Bertz CT molecular complexity index is 528. The molecule has 0 saturated carbocycles. The van der Waals surface area contributed by atoms with E-state index < -0.39 is 0 Å². The molecule has 1 aliphatic heterocycles. The molecule has 0 aliphatic carbocycles. The fraction of sp³-hybridized carbons (Fsp3) is 0.400. The fourth-order valence-corrected chi connectivity index (χ4v) is 2.47. The average molecular weight is 241 g/mol. The second-order valence-electron chi connectivity index (χ2n) is 5.29. The van der Waals surface area contributed by atoms with E-state index in [1.807, 2.05) is 6.07 Å². The summed E-state index contributed by atoms with van der Waals surface area (Å²) in [5.74, 6) is 1.66. The molecule has 1 N–H and O–H groups in total. The maximum Gasteiger partial charge on any atom is 0.203 e. The second-order valence-corrected chi connectivity index (χ2v) is 5.29. The van der Waals surface area contributed by atoms with Crippen molar-refractivity contribution in [1.29, 1.82) is 0 Å². The number of imidazole rings is 1. The maximum atomic E-state index is 4.71. The highest BCUT2D eigenvalue weighted by Gasteiger charge is 2.22. The molecule has 94 valence electrons. The van der Waals surface area contributed by atoms with Crippen LogP contribution in [0.3, 0.4) is 0 Å². The molecular weight excluding hydrogens is 222 g/mol. The van der Waals surface area contributed by atoms with E-state index in [2.05, 4.69) is 54.2 Å². The Hall–Kier alpha value is -1.77. The lowest BCUT2D eigenvalue weighted by molar-refractivity contribution is 0.433. The number of aromatic nitrogens is 2. The number of hydrogen-bond acceptors (Lipinski definition) is 2. The normalized spacial score (nSPS) is 18.5. The van der Waals surface area contributed by atoms with Crippen LogP contribution in [0.4, 0.5) is 5.95 Å². The van der Waals surface area contributed by atoms with Gasteiger partial charge in [0.15, 0.2) is 0 Å². The van der Waals surface area contributed by atoms with Crippen LogP contribution in [0.2, 0.25) is 0 Å². The van der Waals surface area contributed by atoms with E-state index in [1.165, 1.54) is 12.0 Å². The van der Waals surface area contributed by atoms with Crippen LogP contribution in [0, 0.1) is 5.92 Å². The molecule has 3 rings (SSSR count). The first-order valence-electron chi connectivity index (χ1n) is 6.63. The molecule has 0 amide bonds. The van der Waals surface area contributed by atoms with Crippen molar-refractivity contribution in [3.05, 3.63) is 36.5 Å². The van der Waals surface area contributed by atoms with Gasteiger partial charge >= 0.3 is 0 Å². The highest BCUT2D eigenvalue weighted by molar-refractivity contribution is 5.60. The van der Waals surface area contributed by atoms with Gasteiger partial charge in [-0.2, -0.15) is 0 Å². The zero-order valence-electron chi connectivity index (χ0n) is 10.9. The number of nitrogens with one attached hydrogen (secondary N) is 1. The summed E-state index contributed by atoms with van der Waals surface area (Å²) in [6, 6.07) is 10.9. The molecule has 0 spiro atoms. The first kappa shape index (κ1) is 11.3. The van der Waals surface area contributed by atoms with E-state index in [0.717, 1.165) is 18.2 Å². The molecule has 0 radical (unpaired) electrons. The second kappa shape index (κ2) is 4.48. The van der Waals surface area contributed by atoms with Crippen molar-refractivity contribution >= 4 is 5.95 Å². The van der Waals surface area contributed by atoms with Crippen LogP contribution >= 0.6 is 0 Å². The zero-order valence-corrected chi connectivity index (χ0v) is 10.9. The zero-order chi connectivity index (χ0) is 12.5. The minimum Gasteiger partial charge on any atom is -0.353 e. The summed E-state index contributed by atoms with van der Waals surface area (Å²) in [6.45, 7) is 5.58. The lowest BCUT2D eigenvalue weighted by atomic mass is 10.0. The standard InChI is InChI=1S/C15H19N3/c1-11(2)13-8-9-18-10-14(17-15(18)16-13)12-6-4-3-5-7-12/h3-7,10-11,13H,8-9H2,1-2H3,(H,16,17). The Kier molecular flexibility index (Phi) is 2.82. The Balaban J connectivity index is 1.90. The van der Waals surface area contributed by atoms with E-state index >= 15 is 0 Å². The molecule has 1 aliphatic rings. The van der Waals surface area contributed by atoms with Crippen LogP contribution in [0.5, 0.6) is 0 Å². The SMILES string of the molecule is CC(C)C1CCn2cc(-c3ccccc3)nc2N1. The van der Waals surface area contributed by atoms with Gasteiger partial charge in [0.1, 0.15) is 0 Å². The summed E-state index contributed by atoms with van der Waals surface area (Å²) in [5.41, 5.74) is 2.24. The fourth-order valence-electron chi connectivity index (χ4n) is 2.47. The smallest absolute Gasteiger partial charge is 0.203 e. The highest BCUT2D eigenvalue weighted by atomic mass is 15.2. The van der Waals surface area contributed by atoms with E-state index in [4.69, 9.17) is 4.98 Å². The molecule has 0 bridgehead atoms. The first-order valence-corrected chi connectivity index (χ1v) is 6.63. The van der Waals surface area contributed by atoms with Gasteiger partial charge in [0.25, 0.3) is 0 Å². The van der Waals surface area contributed by atoms with E-state index in [-0.39, 0.29) is 0 Å². The van der Waals surface area contributed by atoms with Crippen LogP contribution in [0.25, 0.3) is 11.3 Å². The summed E-state index contributed by atoms with van der Waals surface area (Å²) in [6.07, 6.45) is 3.32. The molecule has 18 heavy (non-hydrogen) atoms. The van der Waals surface area contributed by atoms with E-state index in [1.54, 1.807) is 0 Å². The number of benzene rings is 1. The summed E-state index contributed by atoms with van der Waals surface area (Å²) < 4.78 is 2.22. The van der Waals surface area contributed by atoms with Crippen molar-refractivity contribution in [3.8, 4) is 11.3 Å². The van der Waals surface area contributed by atoms with Crippen molar-refractivity contribution in [2.45, 2.75) is 32.9 Å². The minimum atomic E-state index is 0.545. The number of anilines is 1. The highest BCUT2D eigenvalue weighted by Crippen LogP contribution is 2.26. The number of fused-ring (bicyclic) bond motifs is 1. The van der Waals surface area contributed by atoms with Crippen LogP contribution in [-0.2, 0) is 6.54 Å². The van der Waals surface area contributed by atoms with Gasteiger partial charge in [0, 0.05) is 24.3 Å². The number of rotatable bonds is 2. The molecule has 2 heterocycles. The molecule has 1 aromatic carbocycles. The summed E-state index contributed by atoms with van der Waals surface area (Å²) in [7, 11) is 0. The maximum absolute atomic E-state index is 4.71. The Morgan fingerprint density at radius 3 is 2.78 bits per heavy atom. The van der Waals surface area contributed by atoms with Gasteiger partial charge in [-0.3, -0.25) is 0 Å². The molecule has 1 aromatic heterocycles. The summed E-state index contributed by atoms with van der Waals surface area (Å²) >= 11 is 0. The van der Waals surface area contributed by atoms with Gasteiger partial charge in [0.05, 0.1) is 5.69 Å². The van der Waals surface area contributed by atoms with Crippen molar-refractivity contribution in [2.24, 2.45) is 5.92 Å². The molecule has 1 atom stereocenters. The quantitative estimate of drug-likeness (QED) is 0.873. The lowest BCUT2D eigenvalue weighted by Crippen LogP contribution is -2.32. The minimum absolute atomic E-state index is 0.545. The summed E-state index contributed by atoms with van der Waals surface area (Å²) in [5, 5.41) is 3.54. The third-order valence-electron chi connectivity index (χ3n) is 3.65. The molecule has 1 unspecified atom stereocenters. The Morgan fingerprint density at radius 2 is 2.06 bits per heavy atom. The van der Waals surface area contributed by atoms with Gasteiger partial charge < -0.3 is 9.88 Å². The third kappa shape index (κ3) is 2.01. The van der Waals surface area contributed by atoms with E-state index in [9.17, 15) is 0 Å². The number of hydrogen-bond donors (Lipinski definition) is 1. The summed E-state index contributed by atoms with van der Waals surface area (Å²) in [4.78, 5) is 4.71. The molecule has 0 saturated heterocycles. The molecule has 0 fully saturated rings. The molecular formula is C15H19N3. The topological polar surface area (TPSA) is 29.9 Å². The average Bonchev–Trinajstić information content (AvgIpc) is 2.82. The van der Waals surface area contributed by atoms with Gasteiger partial charge in [0.2, 0.25) is 5.95 Å². The van der Waals surface area contributed by atoms with Crippen LogP contribution in [0.1, 0.15) is 20.3 Å². The molecule has 3 nitrogen and oxygen atoms in total. The van der Waals surface area contributed by atoms with Crippen molar-refractivity contribution < 1.29 is 0 Å². The van der Waals surface area contributed by atoms with Crippen molar-refractivity contribution in [3.63, 3.8) is 0 Å². The predicted molar refractivity (Wildman–Crippen MR) is 74.5 cm³/mol. The number of nitrogens with zero attached hydrogens (tertiary/aromatic N) is 2. The van der Waals surface area contributed by atoms with Crippen LogP contribution in [-0.4, -0.2) is 15.6 Å². The monoisotopic (exact) mass is 241 g/mol. The Labute approximate surface area is 108 Å². The van der Waals surface area contributed by atoms with Crippen molar-refractivity contribution in [2.75, 3.05) is 5.32 Å². The third-order valence-corrected chi connectivity index (χ3v) is 3.65. The van der Waals surface area contributed by atoms with Gasteiger partial charge in [-0.1, -0.05) is 44.2 Å².